The Kier molecular flexibility index (Phi) is 8.29. The zero-order chi connectivity index (χ0) is 16.6. The Hall–Kier alpha value is -0.710. The molecule has 1 rings (SSSR count). The van der Waals surface area contributed by atoms with E-state index in [0.717, 1.165) is 11.5 Å². The lowest BCUT2D eigenvalue weighted by Crippen LogP contribution is -2.24. The molecule has 0 aliphatic rings. The van der Waals surface area contributed by atoms with Gasteiger partial charge in [-0.05, 0) is 50.8 Å². The van der Waals surface area contributed by atoms with E-state index in [1.165, 1.54) is 5.56 Å². The smallest absolute Gasteiger partial charge is 0.307 e. The van der Waals surface area contributed by atoms with Crippen LogP contribution >= 0.6 is 23.4 Å². The summed E-state index contributed by atoms with van der Waals surface area (Å²) >= 11 is 7.61. The standard InChI is InChI=1S/C17H25ClO3S/c1-17(2,3)21-16(20)9-11-22-12-14(8-10-19)13-4-6-15(18)7-5-13/h4-7,14,19H,8-12H2,1-3H3/t14-/m1/s1. The first-order chi connectivity index (χ1) is 10.3. The van der Waals surface area contributed by atoms with Crippen molar-refractivity contribution in [2.75, 3.05) is 18.1 Å². The normalized spacial score (nSPS) is 13.0. The Balaban J connectivity index is 2.39. The average molecular weight is 345 g/mol. The van der Waals surface area contributed by atoms with Crippen molar-refractivity contribution < 1.29 is 14.6 Å². The fourth-order valence-corrected chi connectivity index (χ4v) is 3.26. The second-order valence-corrected chi connectivity index (χ2v) is 7.76. The lowest BCUT2D eigenvalue weighted by Gasteiger charge is -2.19. The van der Waals surface area contributed by atoms with Crippen LogP contribution in [0.25, 0.3) is 0 Å². The van der Waals surface area contributed by atoms with E-state index in [1.54, 1.807) is 11.8 Å². The van der Waals surface area contributed by atoms with Gasteiger partial charge in [-0.3, -0.25) is 4.79 Å². The van der Waals surface area contributed by atoms with Crippen LogP contribution in [-0.4, -0.2) is 34.8 Å². The number of halogens is 1. The molecule has 0 aromatic heterocycles. The minimum absolute atomic E-state index is 0.153. The van der Waals surface area contributed by atoms with E-state index in [-0.39, 0.29) is 18.5 Å². The van der Waals surface area contributed by atoms with E-state index < -0.39 is 5.60 Å². The molecule has 3 nitrogen and oxygen atoms in total. The molecule has 0 aliphatic heterocycles. The third kappa shape index (κ3) is 8.06. The number of hydrogen-bond acceptors (Lipinski definition) is 4. The molecule has 0 spiro atoms. The molecule has 0 radical (unpaired) electrons. The highest BCUT2D eigenvalue weighted by molar-refractivity contribution is 7.99. The van der Waals surface area contributed by atoms with Gasteiger partial charge in [-0.15, -0.1) is 0 Å². The summed E-state index contributed by atoms with van der Waals surface area (Å²) in [5.74, 6) is 1.70. The average Bonchev–Trinajstić information content (AvgIpc) is 2.41. The van der Waals surface area contributed by atoms with Gasteiger partial charge < -0.3 is 9.84 Å². The fourth-order valence-electron chi connectivity index (χ4n) is 2.01. The largest absolute Gasteiger partial charge is 0.460 e. The number of carbonyl (C=O) groups excluding carboxylic acids is 1. The topological polar surface area (TPSA) is 46.5 Å². The summed E-state index contributed by atoms with van der Waals surface area (Å²) in [4.78, 5) is 11.6. The molecule has 1 aromatic carbocycles. The molecule has 0 heterocycles. The highest BCUT2D eigenvalue weighted by atomic mass is 35.5. The lowest BCUT2D eigenvalue weighted by atomic mass is 9.98. The molecular formula is C17H25ClO3S. The molecule has 0 fully saturated rings. The highest BCUT2D eigenvalue weighted by Crippen LogP contribution is 2.26. The Morgan fingerprint density at radius 3 is 2.50 bits per heavy atom. The number of esters is 1. The van der Waals surface area contributed by atoms with Crippen molar-refractivity contribution in [1.82, 2.24) is 0 Å². The van der Waals surface area contributed by atoms with Crippen molar-refractivity contribution in [1.29, 1.82) is 0 Å². The third-order valence-electron chi connectivity index (χ3n) is 3.01. The van der Waals surface area contributed by atoms with Crippen molar-refractivity contribution in [2.24, 2.45) is 0 Å². The zero-order valence-electron chi connectivity index (χ0n) is 13.5. The number of ether oxygens (including phenoxy) is 1. The van der Waals surface area contributed by atoms with E-state index in [2.05, 4.69) is 0 Å². The van der Waals surface area contributed by atoms with Gasteiger partial charge in [-0.2, -0.15) is 11.8 Å². The molecule has 1 atom stereocenters. The van der Waals surface area contributed by atoms with Gasteiger partial charge in [0.05, 0.1) is 6.42 Å². The quantitative estimate of drug-likeness (QED) is 0.565. The molecular weight excluding hydrogens is 320 g/mol. The maximum atomic E-state index is 11.6. The summed E-state index contributed by atoms with van der Waals surface area (Å²) in [5, 5.41) is 9.93. The van der Waals surface area contributed by atoms with Crippen LogP contribution in [0.2, 0.25) is 5.02 Å². The number of benzene rings is 1. The lowest BCUT2D eigenvalue weighted by molar-refractivity contribution is -0.154. The summed E-state index contributed by atoms with van der Waals surface area (Å²) in [5.41, 5.74) is 0.744. The molecule has 0 saturated carbocycles. The van der Waals surface area contributed by atoms with E-state index in [0.29, 0.717) is 17.9 Å². The van der Waals surface area contributed by atoms with Gasteiger partial charge in [0.1, 0.15) is 5.60 Å². The molecule has 0 saturated heterocycles. The third-order valence-corrected chi connectivity index (χ3v) is 4.39. The molecule has 1 aromatic rings. The Morgan fingerprint density at radius 2 is 1.95 bits per heavy atom. The first kappa shape index (κ1) is 19.3. The van der Waals surface area contributed by atoms with E-state index in [4.69, 9.17) is 16.3 Å². The van der Waals surface area contributed by atoms with Gasteiger partial charge in [-0.25, -0.2) is 0 Å². The van der Waals surface area contributed by atoms with Gasteiger partial charge in [-0.1, -0.05) is 23.7 Å². The second-order valence-electron chi connectivity index (χ2n) is 6.17. The van der Waals surface area contributed by atoms with Crippen LogP contribution in [0.3, 0.4) is 0 Å². The van der Waals surface area contributed by atoms with Crippen LogP contribution in [0.15, 0.2) is 24.3 Å². The number of hydrogen-bond donors (Lipinski definition) is 1. The first-order valence-electron chi connectivity index (χ1n) is 7.48. The van der Waals surface area contributed by atoms with Gasteiger partial charge >= 0.3 is 5.97 Å². The maximum absolute atomic E-state index is 11.6. The van der Waals surface area contributed by atoms with Gasteiger partial charge in [0.15, 0.2) is 0 Å². The van der Waals surface area contributed by atoms with Crippen molar-refractivity contribution in [2.45, 2.75) is 45.1 Å². The van der Waals surface area contributed by atoms with E-state index >= 15 is 0 Å². The SMILES string of the molecule is CC(C)(C)OC(=O)CCSC[C@@H](CCO)c1ccc(Cl)cc1. The van der Waals surface area contributed by atoms with Gasteiger partial charge in [0.25, 0.3) is 0 Å². The second kappa shape index (κ2) is 9.43. The van der Waals surface area contributed by atoms with Gasteiger partial charge in [0.2, 0.25) is 0 Å². The maximum Gasteiger partial charge on any atom is 0.307 e. The van der Waals surface area contributed by atoms with Crippen molar-refractivity contribution in [3.8, 4) is 0 Å². The predicted octanol–water partition coefficient (Wildman–Crippen LogP) is 4.27. The Morgan fingerprint density at radius 1 is 1.32 bits per heavy atom. The first-order valence-corrected chi connectivity index (χ1v) is 9.01. The van der Waals surface area contributed by atoms with E-state index in [1.807, 2.05) is 45.0 Å². The highest BCUT2D eigenvalue weighted by Gasteiger charge is 2.16. The summed E-state index contributed by atoms with van der Waals surface area (Å²) in [7, 11) is 0. The predicted molar refractivity (Wildman–Crippen MR) is 93.7 cm³/mol. The Labute approximate surface area is 142 Å². The summed E-state index contributed by atoms with van der Waals surface area (Å²) < 4.78 is 5.28. The zero-order valence-corrected chi connectivity index (χ0v) is 15.0. The van der Waals surface area contributed by atoms with Crippen LogP contribution in [-0.2, 0) is 9.53 Å². The van der Waals surface area contributed by atoms with Gasteiger partial charge in [0, 0.05) is 23.1 Å². The van der Waals surface area contributed by atoms with Crippen LogP contribution in [0, 0.1) is 0 Å². The number of thioether (sulfide) groups is 1. The molecule has 124 valence electrons. The molecule has 0 amide bonds. The van der Waals surface area contributed by atoms with E-state index in [9.17, 15) is 9.90 Å². The fraction of sp³-hybridized carbons (Fsp3) is 0.588. The van der Waals surface area contributed by atoms with Crippen molar-refractivity contribution >= 4 is 29.3 Å². The number of rotatable bonds is 8. The van der Waals surface area contributed by atoms with Crippen LogP contribution in [0.1, 0.15) is 45.1 Å². The van der Waals surface area contributed by atoms with Crippen molar-refractivity contribution in [3.05, 3.63) is 34.9 Å². The summed E-state index contributed by atoms with van der Waals surface area (Å²) in [6, 6.07) is 7.73. The number of aliphatic hydroxyl groups is 1. The summed E-state index contributed by atoms with van der Waals surface area (Å²) in [6.07, 6.45) is 1.12. The molecule has 0 aliphatic carbocycles. The molecule has 1 N–H and O–H groups in total. The minimum Gasteiger partial charge on any atom is -0.460 e. The number of aliphatic hydroxyl groups excluding tert-OH is 1. The molecule has 0 unspecified atom stereocenters. The summed E-state index contributed by atoms with van der Waals surface area (Å²) in [6.45, 7) is 5.77. The minimum atomic E-state index is -0.426. The molecule has 5 heteroatoms. The van der Waals surface area contributed by atoms with Crippen molar-refractivity contribution in [3.63, 3.8) is 0 Å². The molecule has 0 bridgehead atoms. The van der Waals surface area contributed by atoms with Crippen LogP contribution in [0.4, 0.5) is 0 Å². The number of carbonyl (C=O) groups is 1. The van der Waals surface area contributed by atoms with Crippen LogP contribution < -0.4 is 0 Å². The van der Waals surface area contributed by atoms with Crippen LogP contribution in [0.5, 0.6) is 0 Å². The molecule has 22 heavy (non-hydrogen) atoms. The monoisotopic (exact) mass is 344 g/mol. The Bertz CT molecular complexity index is 454.